The zero-order chi connectivity index (χ0) is 21.9. The summed E-state index contributed by atoms with van der Waals surface area (Å²) >= 11 is 0. The van der Waals surface area contributed by atoms with Gasteiger partial charge in [-0.3, -0.25) is 10.0 Å². The third-order valence-corrected chi connectivity index (χ3v) is 6.65. The van der Waals surface area contributed by atoms with Crippen LogP contribution in [-0.2, 0) is 21.4 Å². The van der Waals surface area contributed by atoms with Gasteiger partial charge in [-0.2, -0.15) is 4.31 Å². The van der Waals surface area contributed by atoms with Crippen molar-refractivity contribution in [3.05, 3.63) is 59.7 Å². The number of β-amino-alcohol motifs (C(OH)–C–C–N with tert-alkyl or cyclic N) is 1. The molecule has 1 fully saturated rings. The van der Waals surface area contributed by atoms with E-state index in [4.69, 9.17) is 9.94 Å². The Morgan fingerprint density at radius 2 is 1.87 bits per heavy atom. The molecule has 0 spiro atoms. The number of carbonyl (C=O) groups is 1. The lowest BCUT2D eigenvalue weighted by Crippen LogP contribution is -2.54. The predicted molar refractivity (Wildman–Crippen MR) is 100.0 cm³/mol. The number of hydrogen-bond acceptors (Lipinski definition) is 6. The Balaban J connectivity index is 1.76. The molecule has 2 aromatic rings. The summed E-state index contributed by atoms with van der Waals surface area (Å²) in [5, 5.41) is 18.7. The van der Waals surface area contributed by atoms with Gasteiger partial charge >= 0.3 is 0 Å². The van der Waals surface area contributed by atoms with Gasteiger partial charge in [-0.05, 0) is 55.3 Å². The van der Waals surface area contributed by atoms with E-state index >= 15 is 0 Å². The van der Waals surface area contributed by atoms with Crippen LogP contribution in [0.25, 0.3) is 0 Å². The maximum Gasteiger partial charge on any atom is 0.261 e. The summed E-state index contributed by atoms with van der Waals surface area (Å²) in [7, 11) is -4.16. The standard InChI is InChI=1S/C19H20F2N2O6S/c20-13-1-7-17(21)12(9-13)11-29-15-3-5-16(6-4-15)30(27,28)23-10-14(24)2-8-18(23)19(25)22-26/h1,3-7,9,14,18,24,26H,2,8,10-11H2,(H,22,25)/t14-,18-/m1/s1. The van der Waals surface area contributed by atoms with E-state index in [1.54, 1.807) is 0 Å². The number of nitrogens with one attached hydrogen (secondary N) is 1. The van der Waals surface area contributed by atoms with Crippen LogP contribution in [0.4, 0.5) is 8.78 Å². The second-order valence-corrected chi connectivity index (χ2v) is 8.68. The van der Waals surface area contributed by atoms with E-state index in [1.165, 1.54) is 29.7 Å². The molecule has 0 bridgehead atoms. The van der Waals surface area contributed by atoms with Crippen LogP contribution < -0.4 is 10.2 Å². The van der Waals surface area contributed by atoms with Crippen LogP contribution in [0.1, 0.15) is 18.4 Å². The summed E-state index contributed by atoms with van der Waals surface area (Å²) in [6.07, 6.45) is -0.674. The molecule has 3 N–H and O–H groups in total. The molecule has 3 rings (SSSR count). The van der Waals surface area contributed by atoms with E-state index in [-0.39, 0.29) is 42.2 Å². The minimum absolute atomic E-state index is 0.00635. The van der Waals surface area contributed by atoms with Crippen molar-refractivity contribution in [2.45, 2.75) is 36.5 Å². The normalized spacial score (nSPS) is 20.0. The molecule has 1 saturated heterocycles. The summed E-state index contributed by atoms with van der Waals surface area (Å²) in [4.78, 5) is 11.7. The van der Waals surface area contributed by atoms with Crippen molar-refractivity contribution in [3.63, 3.8) is 0 Å². The summed E-state index contributed by atoms with van der Waals surface area (Å²) in [6.45, 7) is -0.551. The predicted octanol–water partition coefficient (Wildman–Crippen LogP) is 1.56. The molecule has 0 aliphatic carbocycles. The number of amides is 1. The van der Waals surface area contributed by atoms with Gasteiger partial charge in [0.2, 0.25) is 10.0 Å². The average Bonchev–Trinajstić information content (AvgIpc) is 2.74. The van der Waals surface area contributed by atoms with Crippen molar-refractivity contribution in [1.82, 2.24) is 9.79 Å². The Hall–Kier alpha value is -2.60. The van der Waals surface area contributed by atoms with Gasteiger partial charge < -0.3 is 9.84 Å². The summed E-state index contributed by atoms with van der Waals surface area (Å²) in [5.41, 5.74) is 1.46. The van der Waals surface area contributed by atoms with Crippen molar-refractivity contribution >= 4 is 15.9 Å². The fourth-order valence-electron chi connectivity index (χ4n) is 3.18. The molecule has 0 unspecified atom stereocenters. The van der Waals surface area contributed by atoms with E-state index < -0.39 is 39.7 Å². The maximum absolute atomic E-state index is 13.7. The number of nitrogens with zero attached hydrogens (tertiary/aromatic N) is 1. The highest BCUT2D eigenvalue weighted by atomic mass is 32.2. The highest BCUT2D eigenvalue weighted by Crippen LogP contribution is 2.27. The van der Waals surface area contributed by atoms with Crippen molar-refractivity contribution in [1.29, 1.82) is 0 Å². The molecular weight excluding hydrogens is 422 g/mol. The number of ether oxygens (including phenoxy) is 1. The first-order chi connectivity index (χ1) is 14.2. The molecule has 1 aliphatic rings. The molecular formula is C19H20F2N2O6S. The molecule has 0 radical (unpaired) electrons. The van der Waals surface area contributed by atoms with E-state index in [9.17, 15) is 27.1 Å². The summed E-state index contributed by atoms with van der Waals surface area (Å²) < 4.78 is 59.0. The number of rotatable bonds is 6. The maximum atomic E-state index is 13.7. The molecule has 11 heteroatoms. The largest absolute Gasteiger partial charge is 0.489 e. The third-order valence-electron chi connectivity index (χ3n) is 4.76. The van der Waals surface area contributed by atoms with Crippen molar-refractivity contribution in [3.8, 4) is 5.75 Å². The Bertz CT molecular complexity index is 1020. The molecule has 0 aromatic heterocycles. The molecule has 1 amide bonds. The number of aliphatic hydroxyl groups excluding tert-OH is 1. The van der Waals surface area contributed by atoms with Crippen LogP contribution in [0.3, 0.4) is 0 Å². The lowest BCUT2D eigenvalue weighted by molar-refractivity contribution is -0.135. The van der Waals surface area contributed by atoms with Crippen molar-refractivity contribution in [2.75, 3.05) is 6.54 Å². The van der Waals surface area contributed by atoms with Crippen LogP contribution in [0, 0.1) is 11.6 Å². The molecule has 2 atom stereocenters. The lowest BCUT2D eigenvalue weighted by Gasteiger charge is -2.35. The van der Waals surface area contributed by atoms with Gasteiger partial charge in [0.25, 0.3) is 5.91 Å². The van der Waals surface area contributed by atoms with E-state index in [1.807, 2.05) is 0 Å². The van der Waals surface area contributed by atoms with E-state index in [0.717, 1.165) is 22.5 Å². The van der Waals surface area contributed by atoms with Crippen LogP contribution >= 0.6 is 0 Å². The molecule has 1 aliphatic heterocycles. The van der Waals surface area contributed by atoms with Gasteiger partial charge in [0.15, 0.2) is 0 Å². The van der Waals surface area contributed by atoms with Gasteiger partial charge in [0.1, 0.15) is 30.0 Å². The number of aliphatic hydroxyl groups is 1. The van der Waals surface area contributed by atoms with E-state index in [0.29, 0.717) is 0 Å². The molecule has 30 heavy (non-hydrogen) atoms. The molecule has 2 aromatic carbocycles. The molecule has 162 valence electrons. The second kappa shape index (κ2) is 9.04. The van der Waals surface area contributed by atoms with Crippen molar-refractivity contribution < 1.29 is 37.0 Å². The SMILES string of the molecule is O=C(NO)[C@H]1CC[C@@H](O)CN1S(=O)(=O)c1ccc(OCc2cc(F)ccc2F)cc1. The van der Waals surface area contributed by atoms with Crippen molar-refractivity contribution in [2.24, 2.45) is 0 Å². The third kappa shape index (κ3) is 4.75. The quantitative estimate of drug-likeness (QED) is 0.462. The number of hydrogen-bond donors (Lipinski definition) is 3. The average molecular weight is 442 g/mol. The zero-order valence-electron chi connectivity index (χ0n) is 15.7. The Labute approximate surface area is 171 Å². The first-order valence-electron chi connectivity index (χ1n) is 9.03. The number of sulfonamides is 1. The smallest absolute Gasteiger partial charge is 0.261 e. The first kappa shape index (κ1) is 22.1. The fourth-order valence-corrected chi connectivity index (χ4v) is 4.84. The van der Waals surface area contributed by atoms with Gasteiger partial charge in [-0.1, -0.05) is 0 Å². The molecule has 1 heterocycles. The zero-order valence-corrected chi connectivity index (χ0v) is 16.5. The minimum Gasteiger partial charge on any atom is -0.489 e. The van der Waals surface area contributed by atoms with Gasteiger partial charge in [-0.15, -0.1) is 0 Å². The summed E-state index contributed by atoms with van der Waals surface area (Å²) in [6, 6.07) is 6.97. The summed E-state index contributed by atoms with van der Waals surface area (Å²) in [5.74, 6) is -1.91. The first-order valence-corrected chi connectivity index (χ1v) is 10.5. The minimum atomic E-state index is -4.16. The number of piperidine rings is 1. The van der Waals surface area contributed by atoms with Crippen LogP contribution in [-0.4, -0.2) is 47.6 Å². The van der Waals surface area contributed by atoms with Crippen LogP contribution in [0.5, 0.6) is 5.75 Å². The van der Waals surface area contributed by atoms with Gasteiger partial charge in [0, 0.05) is 12.1 Å². The Morgan fingerprint density at radius 1 is 1.17 bits per heavy atom. The van der Waals surface area contributed by atoms with Crippen LogP contribution in [0.15, 0.2) is 47.4 Å². The number of carbonyl (C=O) groups excluding carboxylic acids is 1. The number of benzene rings is 2. The fraction of sp³-hybridized carbons (Fsp3) is 0.316. The second-order valence-electron chi connectivity index (χ2n) is 6.79. The van der Waals surface area contributed by atoms with Gasteiger partial charge in [-0.25, -0.2) is 22.7 Å². The molecule has 8 nitrogen and oxygen atoms in total. The molecule has 0 saturated carbocycles. The van der Waals surface area contributed by atoms with Crippen LogP contribution in [0.2, 0.25) is 0 Å². The highest BCUT2D eigenvalue weighted by Gasteiger charge is 2.40. The lowest BCUT2D eigenvalue weighted by atomic mass is 10.0. The highest BCUT2D eigenvalue weighted by molar-refractivity contribution is 7.89. The van der Waals surface area contributed by atoms with E-state index in [2.05, 4.69) is 0 Å². The topological polar surface area (TPSA) is 116 Å². The number of halogens is 2. The monoisotopic (exact) mass is 442 g/mol. The Morgan fingerprint density at radius 3 is 2.53 bits per heavy atom. The Kier molecular flexibility index (Phi) is 6.66. The number of hydroxylamine groups is 1. The van der Waals surface area contributed by atoms with Gasteiger partial charge in [0.05, 0.1) is 11.0 Å².